The fourth-order valence-electron chi connectivity index (χ4n) is 2.53. The molecule has 0 spiro atoms. The lowest BCUT2D eigenvalue weighted by Crippen LogP contribution is -2.23. The lowest BCUT2D eigenvalue weighted by atomic mass is 10.1. The van der Waals surface area contributed by atoms with Gasteiger partial charge in [-0.15, -0.1) is 0 Å². The minimum absolute atomic E-state index is 0.0518. The summed E-state index contributed by atoms with van der Waals surface area (Å²) >= 11 is 6.20. The Bertz CT molecular complexity index is 744. The fraction of sp³-hybridized carbons (Fsp3) is 0.294. The Balaban J connectivity index is 2.23. The molecular weight excluding hydrogens is 300 g/mol. The largest absolute Gasteiger partial charge is 0.340 e. The summed E-state index contributed by atoms with van der Waals surface area (Å²) in [6.45, 7) is 7.63. The van der Waals surface area contributed by atoms with Crippen LogP contribution in [0, 0.1) is 27.7 Å². The van der Waals surface area contributed by atoms with Gasteiger partial charge >= 0.3 is 0 Å². The number of hydrogen-bond acceptors (Lipinski definition) is 2. The van der Waals surface area contributed by atoms with E-state index < -0.39 is 0 Å². The van der Waals surface area contributed by atoms with Crippen LogP contribution in [-0.4, -0.2) is 10.5 Å². The van der Waals surface area contributed by atoms with Crippen LogP contribution in [0.2, 0.25) is 5.02 Å². The van der Waals surface area contributed by atoms with Crippen LogP contribution in [0.5, 0.6) is 0 Å². The number of pyridine rings is 1. The molecule has 0 radical (unpaired) electrons. The molecule has 116 valence electrons. The molecule has 0 bridgehead atoms. The van der Waals surface area contributed by atoms with Gasteiger partial charge in [-0.05, 0) is 44.9 Å². The molecule has 1 N–H and O–H groups in total. The van der Waals surface area contributed by atoms with Gasteiger partial charge in [0, 0.05) is 23.5 Å². The Labute approximate surface area is 134 Å². The molecule has 0 fully saturated rings. The van der Waals surface area contributed by atoms with Crippen molar-refractivity contribution < 1.29 is 4.79 Å². The van der Waals surface area contributed by atoms with Crippen LogP contribution in [-0.2, 0) is 11.3 Å². The van der Waals surface area contributed by atoms with E-state index in [1.54, 1.807) is 4.57 Å². The van der Waals surface area contributed by atoms with E-state index in [9.17, 15) is 9.59 Å². The molecule has 0 atom stereocenters. The summed E-state index contributed by atoms with van der Waals surface area (Å²) in [4.78, 5) is 23.7. The van der Waals surface area contributed by atoms with Gasteiger partial charge in [-0.2, -0.15) is 0 Å². The lowest BCUT2D eigenvalue weighted by Gasteiger charge is -2.16. The van der Waals surface area contributed by atoms with E-state index in [1.807, 2.05) is 39.8 Å². The smallest absolute Gasteiger partial charge is 0.244 e. The van der Waals surface area contributed by atoms with Gasteiger partial charge in [0.1, 0.15) is 6.54 Å². The van der Waals surface area contributed by atoms with E-state index in [-0.39, 0.29) is 17.9 Å². The number of hydrogen-bond donors (Lipinski definition) is 1. The topological polar surface area (TPSA) is 51.1 Å². The van der Waals surface area contributed by atoms with Crippen LogP contribution in [0.3, 0.4) is 0 Å². The molecule has 22 heavy (non-hydrogen) atoms. The molecule has 5 heteroatoms. The highest BCUT2D eigenvalue weighted by atomic mass is 35.5. The summed E-state index contributed by atoms with van der Waals surface area (Å²) in [5.74, 6) is -0.177. The zero-order valence-corrected chi connectivity index (χ0v) is 13.9. The average Bonchev–Trinajstić information content (AvgIpc) is 2.38. The predicted octanol–water partition coefficient (Wildman–Crippen LogP) is 3.37. The summed E-state index contributed by atoms with van der Waals surface area (Å²) in [5.41, 5.74) is 4.07. The number of anilines is 1. The molecule has 4 nitrogen and oxygen atoms in total. The average molecular weight is 319 g/mol. The highest BCUT2D eigenvalue weighted by Gasteiger charge is 2.11. The number of aromatic nitrogens is 1. The van der Waals surface area contributed by atoms with Crippen molar-refractivity contribution in [3.63, 3.8) is 0 Å². The summed E-state index contributed by atoms with van der Waals surface area (Å²) in [5, 5.41) is 3.38. The third-order valence-corrected chi connectivity index (χ3v) is 3.85. The van der Waals surface area contributed by atoms with Gasteiger partial charge in [0.15, 0.2) is 5.43 Å². The SMILES string of the molecule is Cc1cc(C)c(NC(=O)Cn2c(C)cc(=O)cc2C)c(Cl)c1. The highest BCUT2D eigenvalue weighted by molar-refractivity contribution is 6.34. The number of nitrogens with zero attached hydrogens (tertiary/aromatic N) is 1. The van der Waals surface area contributed by atoms with Crippen molar-refractivity contribution in [2.24, 2.45) is 0 Å². The van der Waals surface area contributed by atoms with Gasteiger partial charge in [-0.1, -0.05) is 17.7 Å². The minimum atomic E-state index is -0.177. The molecule has 1 aromatic heterocycles. The van der Waals surface area contributed by atoms with Crippen LogP contribution in [0.15, 0.2) is 29.1 Å². The van der Waals surface area contributed by atoms with Crippen molar-refractivity contribution in [2.75, 3.05) is 5.32 Å². The third kappa shape index (κ3) is 3.57. The first-order chi connectivity index (χ1) is 10.3. The summed E-state index contributed by atoms with van der Waals surface area (Å²) in [7, 11) is 0. The molecule has 1 amide bonds. The Morgan fingerprint density at radius 2 is 1.68 bits per heavy atom. The zero-order chi connectivity index (χ0) is 16.4. The van der Waals surface area contributed by atoms with Gasteiger partial charge in [0.05, 0.1) is 10.7 Å². The maximum Gasteiger partial charge on any atom is 0.244 e. The molecule has 0 saturated heterocycles. The number of aryl methyl sites for hydroxylation is 4. The first-order valence-electron chi connectivity index (χ1n) is 7.02. The quantitative estimate of drug-likeness (QED) is 0.943. The van der Waals surface area contributed by atoms with E-state index in [2.05, 4.69) is 5.32 Å². The van der Waals surface area contributed by atoms with Crippen molar-refractivity contribution in [3.8, 4) is 0 Å². The number of carbonyl (C=O) groups is 1. The maximum atomic E-state index is 12.3. The van der Waals surface area contributed by atoms with Crippen LogP contribution < -0.4 is 10.7 Å². The van der Waals surface area contributed by atoms with Crippen molar-refractivity contribution in [3.05, 3.63) is 62.0 Å². The van der Waals surface area contributed by atoms with Gasteiger partial charge in [-0.25, -0.2) is 0 Å². The highest BCUT2D eigenvalue weighted by Crippen LogP contribution is 2.27. The van der Waals surface area contributed by atoms with E-state index in [4.69, 9.17) is 11.6 Å². The molecule has 1 aromatic carbocycles. The maximum absolute atomic E-state index is 12.3. The number of halogens is 1. The molecule has 0 aliphatic rings. The van der Waals surface area contributed by atoms with Crippen LogP contribution >= 0.6 is 11.6 Å². The minimum Gasteiger partial charge on any atom is -0.340 e. The molecule has 0 unspecified atom stereocenters. The van der Waals surface area contributed by atoms with Crippen molar-refractivity contribution in [1.82, 2.24) is 4.57 Å². The Morgan fingerprint density at radius 3 is 2.23 bits per heavy atom. The summed E-state index contributed by atoms with van der Waals surface area (Å²) in [6, 6.07) is 6.83. The summed E-state index contributed by atoms with van der Waals surface area (Å²) < 4.78 is 1.80. The Morgan fingerprint density at radius 1 is 1.09 bits per heavy atom. The normalized spacial score (nSPS) is 10.6. The van der Waals surface area contributed by atoms with E-state index in [1.165, 1.54) is 12.1 Å². The van der Waals surface area contributed by atoms with Crippen LogP contribution in [0.1, 0.15) is 22.5 Å². The molecule has 2 rings (SSSR count). The van der Waals surface area contributed by atoms with E-state index >= 15 is 0 Å². The van der Waals surface area contributed by atoms with Crippen molar-refractivity contribution in [1.29, 1.82) is 0 Å². The van der Waals surface area contributed by atoms with E-state index in [0.717, 1.165) is 22.5 Å². The fourth-order valence-corrected chi connectivity index (χ4v) is 2.90. The Hall–Kier alpha value is -2.07. The Kier molecular flexibility index (Phi) is 4.71. The van der Waals surface area contributed by atoms with Crippen molar-refractivity contribution in [2.45, 2.75) is 34.2 Å². The number of nitrogens with one attached hydrogen (secondary N) is 1. The second kappa shape index (κ2) is 6.36. The first-order valence-corrected chi connectivity index (χ1v) is 7.40. The molecule has 0 aliphatic carbocycles. The molecule has 2 aromatic rings. The second-order valence-electron chi connectivity index (χ2n) is 5.55. The first kappa shape index (κ1) is 16.3. The number of carbonyl (C=O) groups excluding carboxylic acids is 1. The molecule has 0 saturated carbocycles. The number of amides is 1. The van der Waals surface area contributed by atoms with Gasteiger partial charge in [-0.3, -0.25) is 9.59 Å². The molecular formula is C17H19ClN2O2. The summed E-state index contributed by atoms with van der Waals surface area (Å²) in [6.07, 6.45) is 0. The zero-order valence-electron chi connectivity index (χ0n) is 13.2. The lowest BCUT2D eigenvalue weighted by molar-refractivity contribution is -0.116. The molecule has 0 aliphatic heterocycles. The van der Waals surface area contributed by atoms with Crippen molar-refractivity contribution >= 4 is 23.2 Å². The molecule has 1 heterocycles. The van der Waals surface area contributed by atoms with Gasteiger partial charge in [0.25, 0.3) is 0 Å². The van der Waals surface area contributed by atoms with Crippen LogP contribution in [0.25, 0.3) is 0 Å². The second-order valence-corrected chi connectivity index (χ2v) is 5.95. The number of benzene rings is 1. The monoisotopic (exact) mass is 318 g/mol. The predicted molar refractivity (Wildman–Crippen MR) is 89.7 cm³/mol. The standard InChI is InChI=1S/C17H19ClN2O2/c1-10-5-11(2)17(15(18)6-10)19-16(22)9-20-12(3)7-14(21)8-13(20)4/h5-8H,9H2,1-4H3,(H,19,22). The van der Waals surface area contributed by atoms with Gasteiger partial charge in [0.2, 0.25) is 5.91 Å². The van der Waals surface area contributed by atoms with Crippen LogP contribution in [0.4, 0.5) is 5.69 Å². The van der Waals surface area contributed by atoms with Gasteiger partial charge < -0.3 is 9.88 Å². The third-order valence-electron chi connectivity index (χ3n) is 3.55. The number of rotatable bonds is 3. The van der Waals surface area contributed by atoms with E-state index in [0.29, 0.717) is 10.7 Å².